The minimum absolute atomic E-state index is 0.0394. The Bertz CT molecular complexity index is 1200. The first kappa shape index (κ1) is 17.8. The number of hydrogen-bond donors (Lipinski definition) is 0. The van der Waals surface area contributed by atoms with Gasteiger partial charge in [0.2, 0.25) is 5.28 Å². The number of rotatable bonds is 2. The number of aromatic nitrogens is 5. The lowest BCUT2D eigenvalue weighted by molar-refractivity contribution is -0.0368. The van der Waals surface area contributed by atoms with Crippen molar-refractivity contribution < 1.29 is 4.74 Å². The van der Waals surface area contributed by atoms with Gasteiger partial charge in [-0.15, -0.1) is 0 Å². The molecule has 3 aromatic heterocycles. The second-order valence-electron chi connectivity index (χ2n) is 6.94. The molecule has 1 fully saturated rings. The molecule has 0 aliphatic carbocycles. The summed E-state index contributed by atoms with van der Waals surface area (Å²) in [5, 5.41) is 7.46. The van der Waals surface area contributed by atoms with Crippen LogP contribution in [0, 0.1) is 6.92 Å². The normalized spacial score (nSPS) is 17.5. The fraction of sp³-hybridized carbons (Fsp3) is 0.300. The summed E-state index contributed by atoms with van der Waals surface area (Å²) in [5.41, 5.74) is 4.26. The molecule has 0 N–H and O–H groups in total. The average molecular weight is 414 g/mol. The Kier molecular flexibility index (Phi) is 4.42. The summed E-state index contributed by atoms with van der Waals surface area (Å²) in [6.45, 7) is 2.78. The predicted molar refractivity (Wildman–Crippen MR) is 110 cm³/mol. The molecule has 1 aromatic carbocycles. The number of benzene rings is 1. The summed E-state index contributed by atoms with van der Waals surface area (Å²) >= 11 is 12.3. The Morgan fingerprint density at radius 3 is 2.86 bits per heavy atom. The van der Waals surface area contributed by atoms with Crippen LogP contribution in [-0.2, 0) is 4.74 Å². The molecular weight excluding hydrogens is 397 g/mol. The number of aryl methyl sites for hydroxylation is 1. The lowest BCUT2D eigenvalue weighted by atomic mass is 10.0. The van der Waals surface area contributed by atoms with Gasteiger partial charge in [-0.25, -0.2) is 14.6 Å². The molecule has 0 saturated carbocycles. The summed E-state index contributed by atoms with van der Waals surface area (Å²) in [5.74, 6) is 0. The molecule has 0 radical (unpaired) electrons. The van der Waals surface area contributed by atoms with E-state index in [4.69, 9.17) is 33.0 Å². The van der Waals surface area contributed by atoms with E-state index >= 15 is 0 Å². The first-order chi connectivity index (χ1) is 13.6. The van der Waals surface area contributed by atoms with Gasteiger partial charge in [-0.2, -0.15) is 5.10 Å². The van der Waals surface area contributed by atoms with Gasteiger partial charge in [-0.3, -0.25) is 4.98 Å². The van der Waals surface area contributed by atoms with E-state index in [9.17, 15) is 0 Å². The lowest BCUT2D eigenvalue weighted by Crippen LogP contribution is -2.19. The molecule has 142 valence electrons. The molecule has 8 heteroatoms. The Labute approximate surface area is 171 Å². The maximum absolute atomic E-state index is 6.30. The molecule has 1 saturated heterocycles. The third-order valence-corrected chi connectivity index (χ3v) is 5.59. The molecule has 0 bridgehead atoms. The predicted octanol–water partition coefficient (Wildman–Crippen LogP) is 5.36. The number of halogens is 2. The average Bonchev–Trinajstić information content (AvgIpc) is 3.07. The molecule has 1 aliphatic rings. The first-order valence-corrected chi connectivity index (χ1v) is 9.95. The van der Waals surface area contributed by atoms with Gasteiger partial charge in [0.05, 0.1) is 39.8 Å². The summed E-state index contributed by atoms with van der Waals surface area (Å²) in [6.07, 6.45) is 6.55. The molecule has 6 nitrogen and oxygen atoms in total. The monoisotopic (exact) mass is 413 g/mol. The fourth-order valence-electron chi connectivity index (χ4n) is 3.83. The number of ether oxygens (including phenoxy) is 1. The van der Waals surface area contributed by atoms with Crippen molar-refractivity contribution in [1.82, 2.24) is 24.7 Å². The van der Waals surface area contributed by atoms with Gasteiger partial charge in [-0.05, 0) is 49.9 Å². The summed E-state index contributed by atoms with van der Waals surface area (Å²) in [6, 6.07) is 5.94. The van der Waals surface area contributed by atoms with Crippen LogP contribution in [-0.4, -0.2) is 31.3 Å². The number of nitrogens with zero attached hydrogens (tertiary/aromatic N) is 5. The second-order valence-corrected chi connectivity index (χ2v) is 7.68. The van der Waals surface area contributed by atoms with E-state index in [2.05, 4.69) is 15.0 Å². The Morgan fingerprint density at radius 1 is 1.14 bits per heavy atom. The van der Waals surface area contributed by atoms with E-state index in [1.54, 1.807) is 0 Å². The van der Waals surface area contributed by atoms with Gasteiger partial charge in [0.1, 0.15) is 0 Å². The standard InChI is InChI=1S/C20H17Cl2N5O/c1-11-18-13-8-12(19-14(21)9-24-20(22)25-19)5-6-15(13)23-10-16(18)27(26-11)17-4-2-3-7-28-17/h5-6,8-10,17H,2-4,7H2,1H3. The first-order valence-electron chi connectivity index (χ1n) is 9.19. The van der Waals surface area contributed by atoms with Gasteiger partial charge in [0.25, 0.3) is 0 Å². The highest BCUT2D eigenvalue weighted by molar-refractivity contribution is 6.33. The lowest BCUT2D eigenvalue weighted by Gasteiger charge is -2.23. The second kappa shape index (κ2) is 6.95. The van der Waals surface area contributed by atoms with Crippen molar-refractivity contribution in [3.8, 4) is 11.3 Å². The van der Waals surface area contributed by atoms with Crippen LogP contribution in [0.3, 0.4) is 0 Å². The van der Waals surface area contributed by atoms with Gasteiger partial charge in [-0.1, -0.05) is 17.7 Å². The third-order valence-electron chi connectivity index (χ3n) is 5.13. The summed E-state index contributed by atoms with van der Waals surface area (Å²) in [7, 11) is 0. The number of pyridine rings is 1. The fourth-order valence-corrected chi connectivity index (χ4v) is 4.17. The van der Waals surface area contributed by atoms with Crippen molar-refractivity contribution in [2.24, 2.45) is 0 Å². The molecule has 4 heterocycles. The summed E-state index contributed by atoms with van der Waals surface area (Å²) < 4.78 is 7.91. The highest BCUT2D eigenvalue weighted by atomic mass is 35.5. The highest BCUT2D eigenvalue weighted by Crippen LogP contribution is 2.34. The Hall–Kier alpha value is -2.28. The topological polar surface area (TPSA) is 65.7 Å². The van der Waals surface area contributed by atoms with Gasteiger partial charge >= 0.3 is 0 Å². The maximum atomic E-state index is 6.30. The van der Waals surface area contributed by atoms with Gasteiger partial charge < -0.3 is 4.74 Å². The largest absolute Gasteiger partial charge is 0.356 e. The van der Waals surface area contributed by atoms with Crippen LogP contribution < -0.4 is 0 Å². The molecule has 4 aromatic rings. The zero-order valence-electron chi connectivity index (χ0n) is 15.2. The molecule has 1 atom stereocenters. The molecule has 5 rings (SSSR count). The van der Waals surface area contributed by atoms with Gasteiger partial charge in [0.15, 0.2) is 6.23 Å². The van der Waals surface area contributed by atoms with E-state index in [0.29, 0.717) is 10.7 Å². The van der Waals surface area contributed by atoms with E-state index in [-0.39, 0.29) is 11.5 Å². The smallest absolute Gasteiger partial charge is 0.222 e. The van der Waals surface area contributed by atoms with Crippen LogP contribution in [0.15, 0.2) is 30.6 Å². The number of hydrogen-bond acceptors (Lipinski definition) is 5. The van der Waals surface area contributed by atoms with E-state index in [0.717, 1.165) is 58.9 Å². The van der Waals surface area contributed by atoms with Gasteiger partial charge in [0, 0.05) is 22.9 Å². The minimum Gasteiger partial charge on any atom is -0.356 e. The van der Waals surface area contributed by atoms with E-state index < -0.39 is 0 Å². The quantitative estimate of drug-likeness (QED) is 0.414. The van der Waals surface area contributed by atoms with Crippen molar-refractivity contribution in [3.63, 3.8) is 0 Å². The SMILES string of the molecule is Cc1nn(C2CCCCO2)c2cnc3ccc(-c4nc(Cl)ncc4Cl)cc3c12. The van der Waals surface area contributed by atoms with Crippen molar-refractivity contribution in [3.05, 3.63) is 46.6 Å². The number of fused-ring (bicyclic) bond motifs is 3. The van der Waals surface area contributed by atoms with Crippen LogP contribution in [0.2, 0.25) is 10.3 Å². The summed E-state index contributed by atoms with van der Waals surface area (Å²) in [4.78, 5) is 12.9. The minimum atomic E-state index is -0.0394. The third kappa shape index (κ3) is 2.92. The van der Waals surface area contributed by atoms with Crippen molar-refractivity contribution in [2.45, 2.75) is 32.4 Å². The molecular formula is C20H17Cl2N5O. The van der Waals surface area contributed by atoms with Crippen molar-refractivity contribution >= 4 is 45.0 Å². The van der Waals surface area contributed by atoms with Crippen LogP contribution in [0.1, 0.15) is 31.2 Å². The molecule has 0 amide bonds. The molecule has 1 aliphatic heterocycles. The molecule has 1 unspecified atom stereocenters. The maximum Gasteiger partial charge on any atom is 0.222 e. The van der Waals surface area contributed by atoms with Crippen LogP contribution >= 0.6 is 23.2 Å². The van der Waals surface area contributed by atoms with E-state index in [1.807, 2.05) is 36.0 Å². The Balaban J connectivity index is 1.72. The van der Waals surface area contributed by atoms with E-state index in [1.165, 1.54) is 6.20 Å². The van der Waals surface area contributed by atoms with Crippen molar-refractivity contribution in [1.29, 1.82) is 0 Å². The highest BCUT2D eigenvalue weighted by Gasteiger charge is 2.21. The molecule has 28 heavy (non-hydrogen) atoms. The van der Waals surface area contributed by atoms with Crippen LogP contribution in [0.5, 0.6) is 0 Å². The van der Waals surface area contributed by atoms with Crippen molar-refractivity contribution in [2.75, 3.05) is 6.61 Å². The zero-order valence-corrected chi connectivity index (χ0v) is 16.7. The zero-order chi connectivity index (χ0) is 19.3. The van der Waals surface area contributed by atoms with Crippen LogP contribution in [0.4, 0.5) is 0 Å². The molecule has 0 spiro atoms. The Morgan fingerprint density at radius 2 is 2.04 bits per heavy atom. The van der Waals surface area contributed by atoms with Crippen LogP contribution in [0.25, 0.3) is 33.1 Å².